The third-order valence-corrected chi connectivity index (χ3v) is 5.05. The molecule has 1 saturated heterocycles. The van der Waals surface area contributed by atoms with Gasteiger partial charge < -0.3 is 19.7 Å². The van der Waals surface area contributed by atoms with Gasteiger partial charge in [0.15, 0.2) is 11.5 Å². The number of nitrogens with one attached hydrogen (secondary N) is 1. The van der Waals surface area contributed by atoms with Gasteiger partial charge in [-0.15, -0.1) is 0 Å². The number of rotatable bonds is 7. The first-order valence-electron chi connectivity index (χ1n) is 9.38. The summed E-state index contributed by atoms with van der Waals surface area (Å²) in [5, 5.41) is 12.2. The monoisotopic (exact) mass is 371 g/mol. The third kappa shape index (κ3) is 5.40. The lowest BCUT2D eigenvalue weighted by molar-refractivity contribution is -0.117. The first-order chi connectivity index (χ1) is 13.0. The van der Waals surface area contributed by atoms with E-state index in [9.17, 15) is 10.1 Å². The van der Waals surface area contributed by atoms with E-state index in [1.54, 1.807) is 20.4 Å². The number of likely N-dealkylation sites (tertiary alicyclic amines) is 1. The molecule has 1 fully saturated rings. The summed E-state index contributed by atoms with van der Waals surface area (Å²) in [6.45, 7) is 4.71. The van der Waals surface area contributed by atoms with Crippen LogP contribution in [0.2, 0.25) is 0 Å². The number of carbonyl (C=O) groups excluding carboxylic acids is 1. The Labute approximate surface area is 161 Å². The summed E-state index contributed by atoms with van der Waals surface area (Å²) in [7, 11) is 3.19. The molecule has 1 N–H and O–H groups in total. The number of ether oxygens (including phenoxy) is 2. The maximum absolute atomic E-state index is 12.4. The minimum Gasteiger partial charge on any atom is -0.493 e. The maximum atomic E-state index is 12.4. The van der Waals surface area contributed by atoms with E-state index >= 15 is 0 Å². The van der Waals surface area contributed by atoms with Crippen LogP contribution in [-0.4, -0.2) is 43.7 Å². The number of hydrogen-bond donors (Lipinski definition) is 1. The smallest absolute Gasteiger partial charge is 0.263 e. The van der Waals surface area contributed by atoms with Crippen molar-refractivity contribution in [3.05, 3.63) is 35.5 Å². The molecule has 1 aliphatic heterocycles. The Morgan fingerprint density at radius 2 is 1.93 bits per heavy atom. The molecule has 0 radical (unpaired) electrons. The van der Waals surface area contributed by atoms with E-state index in [0.29, 0.717) is 36.5 Å². The molecule has 1 aliphatic rings. The molecule has 6 nitrogen and oxygen atoms in total. The van der Waals surface area contributed by atoms with Gasteiger partial charge in [-0.1, -0.05) is 6.07 Å². The van der Waals surface area contributed by atoms with Gasteiger partial charge in [0.1, 0.15) is 11.6 Å². The van der Waals surface area contributed by atoms with E-state index in [2.05, 4.69) is 24.1 Å². The zero-order valence-corrected chi connectivity index (χ0v) is 16.6. The zero-order chi connectivity index (χ0) is 19.8. The van der Waals surface area contributed by atoms with Crippen molar-refractivity contribution in [3.8, 4) is 17.6 Å². The van der Waals surface area contributed by atoms with Crippen molar-refractivity contribution in [1.82, 2.24) is 10.2 Å². The Kier molecular flexibility index (Phi) is 7.54. The van der Waals surface area contributed by atoms with Gasteiger partial charge in [-0.25, -0.2) is 0 Å². The number of carbonyl (C=O) groups is 1. The Morgan fingerprint density at radius 3 is 2.52 bits per heavy atom. The van der Waals surface area contributed by atoms with Crippen molar-refractivity contribution in [1.29, 1.82) is 5.26 Å². The normalized spacial score (nSPS) is 20.0. The topological polar surface area (TPSA) is 74.6 Å². The van der Waals surface area contributed by atoms with Gasteiger partial charge >= 0.3 is 0 Å². The van der Waals surface area contributed by atoms with Crippen LogP contribution >= 0.6 is 0 Å². The molecule has 0 aromatic heterocycles. The fourth-order valence-corrected chi connectivity index (χ4v) is 3.43. The quantitative estimate of drug-likeness (QED) is 0.589. The molecule has 1 heterocycles. The predicted molar refractivity (Wildman–Crippen MR) is 105 cm³/mol. The largest absolute Gasteiger partial charge is 0.493 e. The van der Waals surface area contributed by atoms with Gasteiger partial charge in [-0.3, -0.25) is 4.79 Å². The van der Waals surface area contributed by atoms with Crippen LogP contribution in [-0.2, 0) is 11.2 Å². The molecule has 6 heteroatoms. The van der Waals surface area contributed by atoms with Crippen LogP contribution in [0.5, 0.6) is 11.5 Å². The van der Waals surface area contributed by atoms with Crippen LogP contribution in [0, 0.1) is 11.3 Å². The molecule has 146 valence electrons. The summed E-state index contributed by atoms with van der Waals surface area (Å²) in [6, 6.07) is 8.40. The van der Waals surface area contributed by atoms with Crippen molar-refractivity contribution in [2.45, 2.75) is 51.6 Å². The molecular weight excluding hydrogens is 342 g/mol. The summed E-state index contributed by atoms with van der Waals surface area (Å²) in [5.41, 5.74) is 1.18. The van der Waals surface area contributed by atoms with E-state index in [1.165, 1.54) is 6.42 Å². The highest BCUT2D eigenvalue weighted by atomic mass is 16.5. The first kappa shape index (κ1) is 20.6. The van der Waals surface area contributed by atoms with E-state index in [0.717, 1.165) is 18.4 Å². The summed E-state index contributed by atoms with van der Waals surface area (Å²) in [4.78, 5) is 14.5. The number of nitrogens with zero attached hydrogens (tertiary/aromatic N) is 2. The van der Waals surface area contributed by atoms with Crippen molar-refractivity contribution in [2.75, 3.05) is 20.8 Å². The van der Waals surface area contributed by atoms with Gasteiger partial charge in [0.05, 0.1) is 14.2 Å². The van der Waals surface area contributed by atoms with Crippen LogP contribution in [0.3, 0.4) is 0 Å². The summed E-state index contributed by atoms with van der Waals surface area (Å²) in [6.07, 6.45) is 5.72. The van der Waals surface area contributed by atoms with E-state index in [1.807, 2.05) is 24.3 Å². The van der Waals surface area contributed by atoms with Crippen LogP contribution in [0.1, 0.15) is 38.7 Å². The lowest BCUT2D eigenvalue weighted by Gasteiger charge is -2.38. The lowest BCUT2D eigenvalue weighted by Crippen LogP contribution is -2.40. The Hall–Kier alpha value is -2.68. The summed E-state index contributed by atoms with van der Waals surface area (Å²) >= 11 is 0. The fraction of sp³-hybridized carbons (Fsp3) is 0.524. The Bertz CT molecular complexity index is 714. The average Bonchev–Trinajstić information content (AvgIpc) is 2.67. The summed E-state index contributed by atoms with van der Waals surface area (Å²) in [5.74, 6) is 1.000. The third-order valence-electron chi connectivity index (χ3n) is 5.05. The SMILES string of the molecule is COc1ccc(CCNC(=O)/C(C#N)=C\N2C(C)CCCC2C)cc1OC. The minimum absolute atomic E-state index is 0.155. The molecule has 2 rings (SSSR count). The Balaban J connectivity index is 1.95. The van der Waals surface area contributed by atoms with Crippen molar-refractivity contribution >= 4 is 5.91 Å². The van der Waals surface area contributed by atoms with E-state index in [-0.39, 0.29) is 11.5 Å². The second-order valence-electron chi connectivity index (χ2n) is 6.93. The molecule has 1 aromatic carbocycles. The number of amides is 1. The van der Waals surface area contributed by atoms with Crippen LogP contribution in [0.4, 0.5) is 0 Å². The molecule has 2 unspecified atom stereocenters. The first-order valence-corrected chi connectivity index (χ1v) is 9.38. The molecule has 0 bridgehead atoms. The number of hydrogen-bond acceptors (Lipinski definition) is 5. The van der Waals surface area contributed by atoms with Crippen molar-refractivity contribution < 1.29 is 14.3 Å². The van der Waals surface area contributed by atoms with Gasteiger partial charge in [0.2, 0.25) is 0 Å². The second kappa shape index (κ2) is 9.86. The van der Waals surface area contributed by atoms with Gasteiger partial charge in [-0.05, 0) is 57.2 Å². The van der Waals surface area contributed by atoms with E-state index < -0.39 is 0 Å². The molecule has 1 amide bonds. The molecular formula is C21H29N3O3. The van der Waals surface area contributed by atoms with Gasteiger partial charge in [0.25, 0.3) is 5.91 Å². The molecule has 27 heavy (non-hydrogen) atoms. The number of nitriles is 1. The lowest BCUT2D eigenvalue weighted by atomic mass is 9.98. The number of piperidine rings is 1. The molecule has 0 aliphatic carbocycles. The maximum Gasteiger partial charge on any atom is 0.263 e. The Morgan fingerprint density at radius 1 is 1.26 bits per heavy atom. The fourth-order valence-electron chi connectivity index (χ4n) is 3.43. The van der Waals surface area contributed by atoms with Crippen LogP contribution in [0.15, 0.2) is 30.0 Å². The number of benzene rings is 1. The predicted octanol–water partition coefficient (Wildman–Crippen LogP) is 3.03. The number of methoxy groups -OCH3 is 2. The molecule has 1 aromatic rings. The molecule has 2 atom stereocenters. The van der Waals surface area contributed by atoms with E-state index in [4.69, 9.17) is 9.47 Å². The van der Waals surface area contributed by atoms with Gasteiger partial charge in [-0.2, -0.15) is 5.26 Å². The van der Waals surface area contributed by atoms with Crippen molar-refractivity contribution in [3.63, 3.8) is 0 Å². The minimum atomic E-state index is -0.331. The second-order valence-corrected chi connectivity index (χ2v) is 6.93. The standard InChI is InChI=1S/C21H29N3O3/c1-15-6-5-7-16(2)24(15)14-18(13-22)21(25)23-11-10-17-8-9-19(26-3)20(12-17)27-4/h8-9,12,14-16H,5-7,10-11H2,1-4H3,(H,23,25)/b18-14-. The van der Waals surface area contributed by atoms with Crippen LogP contribution in [0.25, 0.3) is 0 Å². The van der Waals surface area contributed by atoms with Crippen LogP contribution < -0.4 is 14.8 Å². The van der Waals surface area contributed by atoms with Crippen molar-refractivity contribution in [2.24, 2.45) is 0 Å². The highest BCUT2D eigenvalue weighted by Crippen LogP contribution is 2.27. The average molecular weight is 371 g/mol. The highest BCUT2D eigenvalue weighted by molar-refractivity contribution is 5.97. The summed E-state index contributed by atoms with van der Waals surface area (Å²) < 4.78 is 10.5. The zero-order valence-electron chi connectivity index (χ0n) is 16.6. The molecule has 0 saturated carbocycles. The highest BCUT2D eigenvalue weighted by Gasteiger charge is 2.23. The molecule has 0 spiro atoms. The van der Waals surface area contributed by atoms with Gasteiger partial charge in [0, 0.05) is 24.8 Å².